The van der Waals surface area contributed by atoms with Gasteiger partial charge in [-0.2, -0.15) is 8.42 Å². The van der Waals surface area contributed by atoms with E-state index in [4.69, 9.17) is 33.9 Å². The van der Waals surface area contributed by atoms with Gasteiger partial charge in [0, 0.05) is 5.56 Å². The van der Waals surface area contributed by atoms with E-state index in [2.05, 4.69) is 4.18 Å². The van der Waals surface area contributed by atoms with E-state index in [1.165, 1.54) is 19.1 Å². The van der Waals surface area contributed by atoms with Crippen LogP contribution in [0.4, 0.5) is 0 Å². The second-order valence-electron chi connectivity index (χ2n) is 2.80. The van der Waals surface area contributed by atoms with Crippen LogP contribution >= 0.6 is 33.9 Å². The Morgan fingerprint density at radius 1 is 1.38 bits per heavy atom. The van der Waals surface area contributed by atoms with Gasteiger partial charge in [-0.15, -0.1) is 0 Å². The van der Waals surface area contributed by atoms with E-state index in [0.717, 1.165) is 0 Å². The van der Waals surface area contributed by atoms with Gasteiger partial charge >= 0.3 is 9.33 Å². The van der Waals surface area contributed by atoms with Crippen LogP contribution in [-0.4, -0.2) is 13.7 Å². The smallest absolute Gasteiger partial charge is 0.371 e. The highest BCUT2D eigenvalue weighted by atomic mass is 35.7. The Balaban J connectivity index is 3.28. The monoisotopic (exact) mass is 302 g/mol. The molecule has 1 aromatic carbocycles. The predicted molar refractivity (Wildman–Crippen MR) is 61.8 cm³/mol. The van der Waals surface area contributed by atoms with Crippen molar-refractivity contribution in [3.63, 3.8) is 0 Å². The summed E-state index contributed by atoms with van der Waals surface area (Å²) in [5, 5.41) is -0.716. The molecule has 0 aliphatic carbocycles. The van der Waals surface area contributed by atoms with E-state index in [0.29, 0.717) is 0 Å². The summed E-state index contributed by atoms with van der Waals surface area (Å²) >= 11 is 11.1. The number of rotatable bonds is 3. The van der Waals surface area contributed by atoms with Crippen LogP contribution in [-0.2, 0) is 9.33 Å². The van der Waals surface area contributed by atoms with Crippen LogP contribution in [0.25, 0.3) is 0 Å². The zero-order chi connectivity index (χ0) is 12.5. The highest BCUT2D eigenvalue weighted by Gasteiger charge is 2.16. The van der Waals surface area contributed by atoms with Crippen molar-refractivity contribution in [1.82, 2.24) is 0 Å². The normalized spacial score (nSPS) is 11.2. The maximum atomic E-state index is 10.9. The van der Waals surface area contributed by atoms with Crippen molar-refractivity contribution in [3.8, 4) is 5.75 Å². The summed E-state index contributed by atoms with van der Waals surface area (Å²) in [6.07, 6.45) is 0. The van der Waals surface area contributed by atoms with Gasteiger partial charge in [-0.25, -0.2) is 0 Å². The van der Waals surface area contributed by atoms with Gasteiger partial charge in [0.15, 0.2) is 0 Å². The van der Waals surface area contributed by atoms with Gasteiger partial charge in [0.1, 0.15) is 5.75 Å². The van der Waals surface area contributed by atoms with Crippen LogP contribution in [0.3, 0.4) is 0 Å². The Bertz CT molecular complexity index is 538. The molecule has 0 N–H and O–H groups in total. The third kappa shape index (κ3) is 3.25. The van der Waals surface area contributed by atoms with Crippen LogP contribution in [0, 0.1) is 6.92 Å². The van der Waals surface area contributed by atoms with E-state index in [1.54, 1.807) is 0 Å². The SMILES string of the molecule is Cc1c(OS(=O)(=O)Cl)ccc(C(=O)Cl)c1Cl. The fourth-order valence-corrected chi connectivity index (χ4v) is 2.06. The summed E-state index contributed by atoms with van der Waals surface area (Å²) in [5.74, 6) is -0.0540. The summed E-state index contributed by atoms with van der Waals surface area (Å²) in [6.45, 7) is 1.48. The van der Waals surface area contributed by atoms with Gasteiger partial charge in [0.25, 0.3) is 5.24 Å². The molecule has 0 amide bonds. The van der Waals surface area contributed by atoms with E-state index in [9.17, 15) is 13.2 Å². The summed E-state index contributed by atoms with van der Waals surface area (Å²) in [7, 11) is 0.754. The van der Waals surface area contributed by atoms with Gasteiger partial charge in [-0.1, -0.05) is 11.6 Å². The molecular formula is C8H5Cl3O4S. The summed E-state index contributed by atoms with van der Waals surface area (Å²) < 4.78 is 25.8. The standard InChI is InChI=1S/C8H5Cl3O4S/c1-4-6(15-16(11,13)14)3-2-5(7(4)9)8(10)12/h2-3H,1H3. The second-order valence-corrected chi connectivity index (χ2v) is 5.61. The zero-order valence-corrected chi connectivity index (χ0v) is 10.9. The lowest BCUT2D eigenvalue weighted by molar-refractivity contribution is 0.108. The van der Waals surface area contributed by atoms with Crippen LogP contribution in [0.5, 0.6) is 5.75 Å². The number of benzene rings is 1. The molecule has 4 nitrogen and oxygen atoms in total. The molecule has 0 saturated heterocycles. The summed E-state index contributed by atoms with van der Waals surface area (Å²) in [4.78, 5) is 10.9. The lowest BCUT2D eigenvalue weighted by atomic mass is 10.1. The second kappa shape index (κ2) is 4.79. The summed E-state index contributed by atoms with van der Waals surface area (Å²) in [5.41, 5.74) is 0.331. The lowest BCUT2D eigenvalue weighted by Crippen LogP contribution is -2.03. The Labute approximate surface area is 107 Å². The third-order valence-corrected chi connectivity index (χ3v) is 3.00. The average molecular weight is 304 g/mol. The molecular weight excluding hydrogens is 299 g/mol. The number of hydrogen-bond donors (Lipinski definition) is 0. The first-order valence-electron chi connectivity index (χ1n) is 3.85. The molecule has 0 aliphatic rings. The molecule has 88 valence electrons. The van der Waals surface area contributed by atoms with E-state index >= 15 is 0 Å². The van der Waals surface area contributed by atoms with E-state index in [1.807, 2.05) is 0 Å². The van der Waals surface area contributed by atoms with Crippen LogP contribution in [0.2, 0.25) is 5.02 Å². The molecule has 0 atom stereocenters. The molecule has 1 rings (SSSR count). The fourth-order valence-electron chi connectivity index (χ4n) is 1.02. The number of halogens is 3. The molecule has 0 aromatic heterocycles. The molecule has 0 bridgehead atoms. The molecule has 0 aliphatic heterocycles. The molecule has 8 heteroatoms. The topological polar surface area (TPSA) is 60.4 Å². The molecule has 0 radical (unpaired) electrons. The summed E-state index contributed by atoms with van der Waals surface area (Å²) in [6, 6.07) is 2.50. The number of carbonyl (C=O) groups is 1. The van der Waals surface area contributed by atoms with E-state index < -0.39 is 14.6 Å². The van der Waals surface area contributed by atoms with Crippen LogP contribution < -0.4 is 4.18 Å². The quantitative estimate of drug-likeness (QED) is 0.806. The Morgan fingerprint density at radius 2 is 1.94 bits per heavy atom. The van der Waals surface area contributed by atoms with Crippen molar-refractivity contribution < 1.29 is 17.4 Å². The van der Waals surface area contributed by atoms with E-state index in [-0.39, 0.29) is 21.9 Å². The fraction of sp³-hybridized carbons (Fsp3) is 0.125. The van der Waals surface area contributed by atoms with Gasteiger partial charge in [0.05, 0.1) is 21.3 Å². The third-order valence-electron chi connectivity index (χ3n) is 1.74. The Morgan fingerprint density at radius 3 is 2.38 bits per heavy atom. The van der Waals surface area contributed by atoms with Crippen molar-refractivity contribution in [3.05, 3.63) is 28.3 Å². The van der Waals surface area contributed by atoms with Crippen molar-refractivity contribution in [2.24, 2.45) is 0 Å². The lowest BCUT2D eigenvalue weighted by Gasteiger charge is -2.08. The number of hydrogen-bond acceptors (Lipinski definition) is 4. The van der Waals surface area contributed by atoms with Crippen molar-refractivity contribution in [2.45, 2.75) is 6.92 Å². The largest absolute Gasteiger partial charge is 0.401 e. The van der Waals surface area contributed by atoms with Crippen LogP contribution in [0.1, 0.15) is 15.9 Å². The first-order valence-corrected chi connectivity index (χ1v) is 6.84. The van der Waals surface area contributed by atoms with Crippen molar-refractivity contribution in [1.29, 1.82) is 0 Å². The zero-order valence-electron chi connectivity index (χ0n) is 7.83. The molecule has 0 fully saturated rings. The molecule has 0 heterocycles. The van der Waals surface area contributed by atoms with Crippen molar-refractivity contribution in [2.75, 3.05) is 0 Å². The van der Waals surface area contributed by atoms with Gasteiger partial charge in [-0.3, -0.25) is 4.79 Å². The Hall–Kier alpha value is -0.490. The highest BCUT2D eigenvalue weighted by molar-refractivity contribution is 8.10. The minimum atomic E-state index is -4.15. The average Bonchev–Trinajstić information content (AvgIpc) is 2.10. The van der Waals surface area contributed by atoms with Gasteiger partial charge in [-0.05, 0) is 30.7 Å². The molecule has 0 spiro atoms. The first-order chi connectivity index (χ1) is 7.22. The Kier molecular flexibility index (Phi) is 4.07. The highest BCUT2D eigenvalue weighted by Crippen LogP contribution is 2.31. The predicted octanol–water partition coefficient (Wildman–Crippen LogP) is 2.89. The molecule has 0 unspecified atom stereocenters. The minimum Gasteiger partial charge on any atom is -0.371 e. The molecule has 0 saturated carbocycles. The number of carbonyl (C=O) groups excluding carboxylic acids is 1. The first kappa shape index (κ1) is 13.6. The van der Waals surface area contributed by atoms with Gasteiger partial charge < -0.3 is 4.18 Å². The molecule has 16 heavy (non-hydrogen) atoms. The maximum absolute atomic E-state index is 10.9. The molecule has 1 aromatic rings. The maximum Gasteiger partial charge on any atom is 0.401 e. The minimum absolute atomic E-state index is 0.0258. The van der Waals surface area contributed by atoms with Crippen molar-refractivity contribution >= 4 is 48.5 Å². The van der Waals surface area contributed by atoms with Crippen LogP contribution in [0.15, 0.2) is 12.1 Å². The van der Waals surface area contributed by atoms with Gasteiger partial charge in [0.2, 0.25) is 0 Å².